The van der Waals surface area contributed by atoms with Gasteiger partial charge < -0.3 is 4.74 Å². The summed E-state index contributed by atoms with van der Waals surface area (Å²) in [5.74, 6) is 0.171. The van der Waals surface area contributed by atoms with E-state index in [-0.39, 0.29) is 12.0 Å². The van der Waals surface area contributed by atoms with Crippen LogP contribution in [0, 0.1) is 0 Å². The smallest absolute Gasteiger partial charge is 0.281 e. The normalized spacial score (nSPS) is 19.2. The summed E-state index contributed by atoms with van der Waals surface area (Å²) in [6.07, 6.45) is 0.608. The second-order valence-corrected chi connectivity index (χ2v) is 8.89. The minimum absolute atomic E-state index is 0.135. The van der Waals surface area contributed by atoms with Crippen LogP contribution in [0.1, 0.15) is 23.5 Å². The largest absolute Gasteiger partial charge is 0.375 e. The van der Waals surface area contributed by atoms with Gasteiger partial charge in [-0.15, -0.1) is 0 Å². The molecule has 1 aliphatic heterocycles. The molecule has 1 atom stereocenters. The van der Waals surface area contributed by atoms with Crippen LogP contribution < -0.4 is 0 Å². The van der Waals surface area contributed by atoms with Crippen LogP contribution in [0.3, 0.4) is 0 Å². The summed E-state index contributed by atoms with van der Waals surface area (Å²) in [7, 11) is -0.279. The lowest BCUT2D eigenvalue weighted by atomic mass is 9.86. The average Bonchev–Trinajstić information content (AvgIpc) is 2.67. The second-order valence-electron chi connectivity index (χ2n) is 6.75. The van der Waals surface area contributed by atoms with Crippen molar-refractivity contribution in [1.29, 1.82) is 0 Å². The van der Waals surface area contributed by atoms with Crippen molar-refractivity contribution in [3.63, 3.8) is 0 Å². The Kier molecular flexibility index (Phi) is 6.09. The quantitative estimate of drug-likeness (QED) is 0.781. The van der Waals surface area contributed by atoms with E-state index in [0.717, 1.165) is 6.42 Å². The molecule has 0 spiro atoms. The molecule has 0 N–H and O–H groups in total. The predicted octanol–water partition coefficient (Wildman–Crippen LogP) is 2.72. The lowest BCUT2D eigenvalue weighted by Crippen LogP contribution is -2.49. The van der Waals surface area contributed by atoms with Gasteiger partial charge in [-0.2, -0.15) is 17.0 Å². The Balaban J connectivity index is 1.81. The van der Waals surface area contributed by atoms with E-state index in [1.54, 1.807) is 14.1 Å². The molecular weight excluding hydrogens is 348 g/mol. The van der Waals surface area contributed by atoms with Gasteiger partial charge in [-0.1, -0.05) is 60.7 Å². The lowest BCUT2D eigenvalue weighted by Gasteiger charge is -2.35. The van der Waals surface area contributed by atoms with Gasteiger partial charge in [-0.3, -0.25) is 0 Å². The van der Waals surface area contributed by atoms with Gasteiger partial charge in [0.15, 0.2) is 0 Å². The fourth-order valence-electron chi connectivity index (χ4n) is 3.37. The SMILES string of the molecule is CN(C)S(=O)(=O)N1CCOC(CC(c2ccccc2)c2ccccc2)C1. The van der Waals surface area contributed by atoms with Gasteiger partial charge in [0.05, 0.1) is 12.7 Å². The molecule has 1 saturated heterocycles. The van der Waals surface area contributed by atoms with Gasteiger partial charge in [0.25, 0.3) is 10.2 Å². The molecular formula is C20H26N2O3S. The van der Waals surface area contributed by atoms with E-state index in [2.05, 4.69) is 24.3 Å². The predicted molar refractivity (Wildman–Crippen MR) is 103 cm³/mol. The number of hydrogen-bond acceptors (Lipinski definition) is 3. The van der Waals surface area contributed by atoms with Gasteiger partial charge in [-0.05, 0) is 17.5 Å². The first-order valence-corrected chi connectivity index (χ1v) is 10.3. The molecule has 2 aromatic rings. The number of ether oxygens (including phenoxy) is 1. The van der Waals surface area contributed by atoms with E-state index in [9.17, 15) is 8.42 Å². The molecule has 5 nitrogen and oxygen atoms in total. The van der Waals surface area contributed by atoms with Crippen LogP contribution in [0.25, 0.3) is 0 Å². The van der Waals surface area contributed by atoms with Crippen molar-refractivity contribution in [3.8, 4) is 0 Å². The molecule has 0 bridgehead atoms. The first kappa shape index (κ1) is 19.0. The topological polar surface area (TPSA) is 49.9 Å². The monoisotopic (exact) mass is 374 g/mol. The van der Waals surface area contributed by atoms with Crippen molar-refractivity contribution in [2.75, 3.05) is 33.8 Å². The maximum Gasteiger partial charge on any atom is 0.281 e. The van der Waals surface area contributed by atoms with Crippen molar-refractivity contribution >= 4 is 10.2 Å². The summed E-state index contributed by atoms with van der Waals surface area (Å²) in [6.45, 7) is 1.21. The molecule has 0 aromatic heterocycles. The summed E-state index contributed by atoms with van der Waals surface area (Å²) in [5, 5.41) is 0. The Hall–Kier alpha value is -1.73. The second kappa shape index (κ2) is 8.31. The minimum Gasteiger partial charge on any atom is -0.375 e. The van der Waals surface area contributed by atoms with Crippen LogP contribution in [0.15, 0.2) is 60.7 Å². The summed E-state index contributed by atoms with van der Waals surface area (Å²) in [4.78, 5) is 0. The number of hydrogen-bond donors (Lipinski definition) is 0. The number of rotatable bonds is 6. The summed E-state index contributed by atoms with van der Waals surface area (Å²) < 4.78 is 33.6. The molecule has 0 radical (unpaired) electrons. The standard InChI is InChI=1S/C20H26N2O3S/c1-21(2)26(23,24)22-13-14-25-19(16-22)15-20(17-9-5-3-6-10-17)18-11-7-4-8-12-18/h3-12,19-20H,13-16H2,1-2H3. The van der Waals surface area contributed by atoms with Gasteiger partial charge in [0.2, 0.25) is 0 Å². The van der Waals surface area contributed by atoms with E-state index < -0.39 is 10.2 Å². The Morgan fingerprint density at radius 1 is 1.04 bits per heavy atom. The van der Waals surface area contributed by atoms with Gasteiger partial charge in [0.1, 0.15) is 0 Å². The van der Waals surface area contributed by atoms with Crippen molar-refractivity contribution < 1.29 is 13.2 Å². The van der Waals surface area contributed by atoms with E-state index in [4.69, 9.17) is 4.74 Å². The summed E-state index contributed by atoms with van der Waals surface area (Å²) >= 11 is 0. The number of morpholine rings is 1. The van der Waals surface area contributed by atoms with Crippen LogP contribution in [-0.2, 0) is 14.9 Å². The third-order valence-electron chi connectivity index (χ3n) is 4.79. The molecule has 1 heterocycles. The molecule has 0 saturated carbocycles. The van der Waals surface area contributed by atoms with Crippen molar-refractivity contribution in [2.45, 2.75) is 18.4 Å². The molecule has 1 unspecified atom stereocenters. The van der Waals surface area contributed by atoms with Crippen LogP contribution >= 0.6 is 0 Å². The molecule has 140 valence electrons. The Labute approximate surface area is 156 Å². The van der Waals surface area contributed by atoms with Crippen molar-refractivity contribution in [3.05, 3.63) is 71.8 Å². The van der Waals surface area contributed by atoms with Gasteiger partial charge >= 0.3 is 0 Å². The molecule has 0 aliphatic carbocycles. The molecule has 2 aromatic carbocycles. The number of nitrogens with zero attached hydrogens (tertiary/aromatic N) is 2. The lowest BCUT2D eigenvalue weighted by molar-refractivity contribution is -0.00878. The molecule has 3 rings (SSSR count). The van der Waals surface area contributed by atoms with Gasteiger partial charge in [-0.25, -0.2) is 0 Å². The van der Waals surface area contributed by atoms with Crippen LogP contribution in [0.4, 0.5) is 0 Å². The average molecular weight is 375 g/mol. The maximum absolute atomic E-state index is 12.5. The van der Waals surface area contributed by atoms with Crippen LogP contribution in [0.2, 0.25) is 0 Å². The van der Waals surface area contributed by atoms with Gasteiger partial charge in [0, 0.05) is 33.1 Å². The van der Waals surface area contributed by atoms with Crippen LogP contribution in [0.5, 0.6) is 0 Å². The zero-order valence-corrected chi connectivity index (χ0v) is 16.1. The Bertz CT molecular complexity index is 755. The zero-order chi connectivity index (χ0) is 18.6. The first-order valence-electron chi connectivity index (χ1n) is 8.87. The van der Waals surface area contributed by atoms with Crippen molar-refractivity contribution in [1.82, 2.24) is 8.61 Å². The molecule has 26 heavy (non-hydrogen) atoms. The Morgan fingerprint density at radius 2 is 1.58 bits per heavy atom. The van der Waals surface area contributed by atoms with E-state index in [1.807, 2.05) is 36.4 Å². The van der Waals surface area contributed by atoms with Crippen LogP contribution in [-0.4, -0.2) is 56.9 Å². The maximum atomic E-state index is 12.5. The zero-order valence-electron chi connectivity index (χ0n) is 15.3. The Morgan fingerprint density at radius 3 is 2.08 bits per heavy atom. The van der Waals surface area contributed by atoms with Crippen molar-refractivity contribution in [2.24, 2.45) is 0 Å². The third-order valence-corrected chi connectivity index (χ3v) is 6.70. The first-order chi connectivity index (χ1) is 12.5. The van der Waals surface area contributed by atoms with E-state index in [1.165, 1.54) is 19.7 Å². The fraction of sp³-hybridized carbons (Fsp3) is 0.400. The highest BCUT2D eigenvalue weighted by atomic mass is 32.2. The highest BCUT2D eigenvalue weighted by molar-refractivity contribution is 7.86. The highest BCUT2D eigenvalue weighted by Crippen LogP contribution is 2.31. The fourth-order valence-corrected chi connectivity index (χ4v) is 4.50. The van der Waals surface area contributed by atoms with E-state index >= 15 is 0 Å². The summed E-state index contributed by atoms with van der Waals surface area (Å²) in [6, 6.07) is 20.6. The highest BCUT2D eigenvalue weighted by Gasteiger charge is 2.32. The third kappa shape index (κ3) is 4.32. The van der Waals surface area contributed by atoms with E-state index in [0.29, 0.717) is 19.7 Å². The number of benzene rings is 2. The summed E-state index contributed by atoms with van der Waals surface area (Å²) in [5.41, 5.74) is 2.43. The minimum atomic E-state index is -3.41. The molecule has 0 amide bonds. The molecule has 6 heteroatoms. The molecule has 1 aliphatic rings. The molecule has 1 fully saturated rings.